The summed E-state index contributed by atoms with van der Waals surface area (Å²) in [6, 6.07) is 10.2. The molecular weight excluding hydrogens is 280 g/mol. The van der Waals surface area contributed by atoms with E-state index < -0.39 is 6.10 Å². The largest absolute Gasteiger partial charge is 0.390 e. The average molecular weight is 306 g/mol. The van der Waals surface area contributed by atoms with E-state index >= 15 is 0 Å². The molecule has 1 heterocycles. The van der Waals surface area contributed by atoms with Crippen LogP contribution in [0.1, 0.15) is 18.9 Å². The second kappa shape index (κ2) is 8.88. The van der Waals surface area contributed by atoms with Crippen LogP contribution in [0.3, 0.4) is 0 Å². The minimum Gasteiger partial charge on any atom is -0.390 e. The Morgan fingerprint density at radius 1 is 1.27 bits per heavy atom. The van der Waals surface area contributed by atoms with Crippen LogP contribution < -0.4 is 0 Å². The molecule has 2 rings (SSSR count). The molecule has 122 valence electrons. The summed E-state index contributed by atoms with van der Waals surface area (Å²) in [7, 11) is 0. The van der Waals surface area contributed by atoms with Crippen LogP contribution in [0.25, 0.3) is 0 Å². The minimum atomic E-state index is -0.498. The fraction of sp³-hybridized carbons (Fsp3) is 0.588. The van der Waals surface area contributed by atoms with Crippen molar-refractivity contribution in [2.75, 3.05) is 39.4 Å². The van der Waals surface area contributed by atoms with Crippen molar-refractivity contribution in [3.63, 3.8) is 0 Å². The Labute approximate surface area is 132 Å². The first-order chi connectivity index (χ1) is 10.7. The van der Waals surface area contributed by atoms with Crippen molar-refractivity contribution in [3.8, 4) is 0 Å². The summed E-state index contributed by atoms with van der Waals surface area (Å²) in [4.78, 5) is 16.1. The first-order valence-electron chi connectivity index (χ1n) is 7.99. The predicted molar refractivity (Wildman–Crippen MR) is 85.4 cm³/mol. The van der Waals surface area contributed by atoms with Gasteiger partial charge in [-0.25, -0.2) is 0 Å². The molecule has 1 saturated heterocycles. The molecule has 22 heavy (non-hydrogen) atoms. The third kappa shape index (κ3) is 5.40. The number of rotatable bonds is 6. The number of aliphatic hydroxyl groups excluding tert-OH is 1. The van der Waals surface area contributed by atoms with Gasteiger partial charge >= 0.3 is 0 Å². The second-order valence-corrected chi connectivity index (χ2v) is 5.66. The lowest BCUT2D eigenvalue weighted by atomic mass is 10.2. The molecule has 1 N–H and O–H groups in total. The van der Waals surface area contributed by atoms with Gasteiger partial charge in [-0.2, -0.15) is 0 Å². The monoisotopic (exact) mass is 306 g/mol. The van der Waals surface area contributed by atoms with E-state index in [2.05, 4.69) is 17.0 Å². The van der Waals surface area contributed by atoms with Crippen LogP contribution in [0.5, 0.6) is 0 Å². The number of hydrogen-bond acceptors (Lipinski definition) is 4. The van der Waals surface area contributed by atoms with Gasteiger partial charge in [0.25, 0.3) is 0 Å². The van der Waals surface area contributed by atoms with E-state index in [9.17, 15) is 9.90 Å². The number of carbonyl (C=O) groups excluding carboxylic acids is 1. The number of β-amino-alcohol motifs (C(OH)–C–C–N with tert-alkyl or cyclic N) is 1. The van der Waals surface area contributed by atoms with Crippen molar-refractivity contribution < 1.29 is 14.6 Å². The number of aliphatic hydroxyl groups is 1. The summed E-state index contributed by atoms with van der Waals surface area (Å²) < 4.78 is 5.23. The molecule has 1 aromatic rings. The quantitative estimate of drug-likeness (QED) is 0.800. The minimum absolute atomic E-state index is 0.0639. The standard InChI is InChI=1S/C17H26N2O3/c1-2-22-11-8-17(21)19-10-9-18(13-16(20)14-19)12-15-6-4-3-5-7-15/h3-7,16,20H,2,8-14H2,1H3. The summed E-state index contributed by atoms with van der Waals surface area (Å²) in [5.74, 6) is 0.0639. The van der Waals surface area contributed by atoms with Crippen molar-refractivity contribution in [2.45, 2.75) is 26.0 Å². The Kier molecular flexibility index (Phi) is 6.83. The molecule has 0 spiro atoms. The molecule has 0 aromatic heterocycles. The maximum Gasteiger partial charge on any atom is 0.225 e. The van der Waals surface area contributed by atoms with Crippen LogP contribution in [0.4, 0.5) is 0 Å². The lowest BCUT2D eigenvalue weighted by molar-refractivity contribution is -0.133. The summed E-state index contributed by atoms with van der Waals surface area (Å²) in [6.45, 7) is 6.26. The molecule has 1 aliphatic rings. The lowest BCUT2D eigenvalue weighted by Gasteiger charge is -2.22. The highest BCUT2D eigenvalue weighted by molar-refractivity contribution is 5.76. The van der Waals surface area contributed by atoms with Crippen LogP contribution in [0, 0.1) is 0 Å². The second-order valence-electron chi connectivity index (χ2n) is 5.66. The predicted octanol–water partition coefficient (Wildman–Crippen LogP) is 1.12. The molecule has 0 bridgehead atoms. The van der Waals surface area contributed by atoms with E-state index in [1.54, 1.807) is 4.90 Å². The average Bonchev–Trinajstić information content (AvgIpc) is 2.70. The Hall–Kier alpha value is -1.43. The molecule has 1 fully saturated rings. The number of hydrogen-bond donors (Lipinski definition) is 1. The van der Waals surface area contributed by atoms with E-state index in [-0.39, 0.29) is 5.91 Å². The normalized spacial score (nSPS) is 19.9. The number of carbonyl (C=O) groups is 1. The van der Waals surface area contributed by atoms with E-state index in [0.29, 0.717) is 39.3 Å². The Morgan fingerprint density at radius 3 is 2.77 bits per heavy atom. The first-order valence-corrected chi connectivity index (χ1v) is 7.99. The number of amides is 1. The first kappa shape index (κ1) is 16.9. The smallest absolute Gasteiger partial charge is 0.225 e. The van der Waals surface area contributed by atoms with Crippen LogP contribution in [0.2, 0.25) is 0 Å². The molecule has 1 amide bonds. The molecule has 5 nitrogen and oxygen atoms in total. The van der Waals surface area contributed by atoms with Crippen molar-refractivity contribution in [1.82, 2.24) is 9.80 Å². The van der Waals surface area contributed by atoms with Crippen LogP contribution >= 0.6 is 0 Å². The summed E-state index contributed by atoms with van der Waals surface area (Å²) in [6.07, 6.45) is -0.110. The zero-order chi connectivity index (χ0) is 15.8. The highest BCUT2D eigenvalue weighted by Gasteiger charge is 2.24. The van der Waals surface area contributed by atoms with E-state index in [1.165, 1.54) is 5.56 Å². The van der Waals surface area contributed by atoms with Crippen LogP contribution in [0.15, 0.2) is 30.3 Å². The molecule has 1 atom stereocenters. The van der Waals surface area contributed by atoms with Crippen molar-refractivity contribution in [2.24, 2.45) is 0 Å². The Morgan fingerprint density at radius 2 is 2.05 bits per heavy atom. The van der Waals surface area contributed by atoms with Gasteiger partial charge in [-0.1, -0.05) is 30.3 Å². The van der Waals surface area contributed by atoms with E-state index in [1.807, 2.05) is 25.1 Å². The van der Waals surface area contributed by atoms with Gasteiger partial charge in [0, 0.05) is 39.3 Å². The molecule has 0 saturated carbocycles. The fourth-order valence-electron chi connectivity index (χ4n) is 2.73. The van der Waals surface area contributed by atoms with Gasteiger partial charge < -0.3 is 14.7 Å². The maximum atomic E-state index is 12.2. The van der Waals surface area contributed by atoms with Gasteiger partial charge in [0.15, 0.2) is 0 Å². The van der Waals surface area contributed by atoms with Crippen LogP contribution in [-0.2, 0) is 16.1 Å². The Bertz CT molecular complexity index is 452. The molecule has 1 unspecified atom stereocenters. The fourth-order valence-corrected chi connectivity index (χ4v) is 2.73. The van der Waals surface area contributed by atoms with Crippen molar-refractivity contribution in [3.05, 3.63) is 35.9 Å². The SMILES string of the molecule is CCOCCC(=O)N1CCN(Cc2ccccc2)CC(O)C1. The zero-order valence-corrected chi connectivity index (χ0v) is 13.3. The molecular formula is C17H26N2O3. The maximum absolute atomic E-state index is 12.2. The molecule has 1 aliphatic heterocycles. The third-order valence-electron chi connectivity index (χ3n) is 3.85. The van der Waals surface area contributed by atoms with E-state index in [0.717, 1.165) is 13.1 Å². The molecule has 1 aromatic carbocycles. The van der Waals surface area contributed by atoms with Crippen molar-refractivity contribution in [1.29, 1.82) is 0 Å². The van der Waals surface area contributed by atoms with Gasteiger partial charge in [0.2, 0.25) is 5.91 Å². The highest BCUT2D eigenvalue weighted by atomic mass is 16.5. The zero-order valence-electron chi connectivity index (χ0n) is 13.3. The summed E-state index contributed by atoms with van der Waals surface area (Å²) in [5, 5.41) is 10.2. The number of nitrogens with zero attached hydrogens (tertiary/aromatic N) is 2. The van der Waals surface area contributed by atoms with E-state index in [4.69, 9.17) is 4.74 Å². The number of ether oxygens (including phenoxy) is 1. The molecule has 5 heteroatoms. The molecule has 0 radical (unpaired) electrons. The highest BCUT2D eigenvalue weighted by Crippen LogP contribution is 2.10. The summed E-state index contributed by atoms with van der Waals surface area (Å²) in [5.41, 5.74) is 1.23. The van der Waals surface area contributed by atoms with Gasteiger partial charge in [0.1, 0.15) is 0 Å². The third-order valence-corrected chi connectivity index (χ3v) is 3.85. The van der Waals surface area contributed by atoms with Crippen molar-refractivity contribution >= 4 is 5.91 Å². The Balaban J connectivity index is 1.85. The number of benzene rings is 1. The topological polar surface area (TPSA) is 53.0 Å². The van der Waals surface area contributed by atoms with Gasteiger partial charge in [-0.15, -0.1) is 0 Å². The van der Waals surface area contributed by atoms with Gasteiger partial charge in [-0.3, -0.25) is 9.69 Å². The molecule has 0 aliphatic carbocycles. The lowest BCUT2D eigenvalue weighted by Crippen LogP contribution is -2.38. The van der Waals surface area contributed by atoms with Gasteiger partial charge in [0.05, 0.1) is 19.1 Å². The summed E-state index contributed by atoms with van der Waals surface area (Å²) >= 11 is 0. The van der Waals surface area contributed by atoms with Crippen LogP contribution in [-0.4, -0.2) is 66.3 Å². The van der Waals surface area contributed by atoms with Gasteiger partial charge in [-0.05, 0) is 12.5 Å².